The Hall–Kier alpha value is -1.07. The number of hydrogen-bond donors (Lipinski definition) is 1. The molecule has 1 fully saturated rings. The third kappa shape index (κ3) is 2.12. The molecule has 1 aliphatic rings. The van der Waals surface area contributed by atoms with Crippen molar-refractivity contribution in [2.24, 2.45) is 5.92 Å². The first-order valence-electron chi connectivity index (χ1n) is 6.20. The van der Waals surface area contributed by atoms with Gasteiger partial charge in [0.05, 0.1) is 11.0 Å². The van der Waals surface area contributed by atoms with Crippen LogP contribution in [-0.4, -0.2) is 22.8 Å². The van der Waals surface area contributed by atoms with E-state index in [0.717, 1.165) is 48.1 Å². The number of hydrogen-bond acceptors (Lipinski definition) is 2. The van der Waals surface area contributed by atoms with Crippen LogP contribution in [0.1, 0.15) is 12.8 Å². The van der Waals surface area contributed by atoms with Crippen LogP contribution in [0.4, 0.5) is 0 Å². The van der Waals surface area contributed by atoms with Gasteiger partial charge in [-0.1, -0.05) is 6.07 Å². The molecular weight excluding hydrogens is 296 g/mol. The Morgan fingerprint density at radius 1 is 1.39 bits per heavy atom. The summed E-state index contributed by atoms with van der Waals surface area (Å²) in [6.07, 6.45) is 2.06. The number of imidazole rings is 1. The second kappa shape index (κ2) is 4.90. The highest BCUT2D eigenvalue weighted by molar-refractivity contribution is 9.10. The fraction of sp³-hybridized carbons (Fsp3) is 0.462. The summed E-state index contributed by atoms with van der Waals surface area (Å²) < 4.78 is 8.16. The highest BCUT2D eigenvalue weighted by Crippen LogP contribution is 2.24. The molecule has 2 aromatic rings. The smallest absolute Gasteiger partial charge is 0.326 e. The van der Waals surface area contributed by atoms with E-state index < -0.39 is 0 Å². The molecule has 0 radical (unpaired) electrons. The summed E-state index contributed by atoms with van der Waals surface area (Å²) in [5.74, 6) is 0.530. The fourth-order valence-corrected chi connectivity index (χ4v) is 3.12. The van der Waals surface area contributed by atoms with Crippen molar-refractivity contribution in [3.63, 3.8) is 0 Å². The van der Waals surface area contributed by atoms with Crippen LogP contribution in [-0.2, 0) is 11.3 Å². The summed E-state index contributed by atoms with van der Waals surface area (Å²) in [6.45, 7) is 2.39. The second-order valence-corrected chi connectivity index (χ2v) is 5.59. The van der Waals surface area contributed by atoms with Gasteiger partial charge in [0, 0.05) is 24.2 Å². The first-order chi connectivity index (χ1) is 8.75. The Balaban J connectivity index is 2.00. The maximum Gasteiger partial charge on any atom is 0.326 e. The zero-order chi connectivity index (χ0) is 12.5. The van der Waals surface area contributed by atoms with E-state index in [1.54, 1.807) is 0 Å². The number of nitrogens with zero attached hydrogens (tertiary/aromatic N) is 1. The van der Waals surface area contributed by atoms with Crippen molar-refractivity contribution in [2.75, 3.05) is 13.2 Å². The van der Waals surface area contributed by atoms with Crippen molar-refractivity contribution in [2.45, 2.75) is 19.4 Å². The van der Waals surface area contributed by atoms with Gasteiger partial charge in [-0.2, -0.15) is 0 Å². The van der Waals surface area contributed by atoms with E-state index in [-0.39, 0.29) is 5.69 Å². The molecule has 0 spiro atoms. The summed E-state index contributed by atoms with van der Waals surface area (Å²) in [7, 11) is 0. The van der Waals surface area contributed by atoms with Crippen LogP contribution in [0.15, 0.2) is 27.5 Å². The van der Waals surface area contributed by atoms with E-state index >= 15 is 0 Å². The zero-order valence-corrected chi connectivity index (χ0v) is 11.6. The number of aromatic amines is 1. The molecular formula is C13H15BrN2O2. The molecule has 0 saturated carbocycles. The van der Waals surface area contributed by atoms with Crippen LogP contribution in [0.3, 0.4) is 0 Å². The quantitative estimate of drug-likeness (QED) is 0.926. The number of ether oxygens (including phenoxy) is 1. The van der Waals surface area contributed by atoms with Gasteiger partial charge < -0.3 is 9.72 Å². The number of halogens is 1. The number of rotatable bonds is 2. The van der Waals surface area contributed by atoms with Gasteiger partial charge in [0.25, 0.3) is 0 Å². The van der Waals surface area contributed by atoms with Gasteiger partial charge in [-0.3, -0.25) is 4.57 Å². The zero-order valence-electron chi connectivity index (χ0n) is 9.99. The van der Waals surface area contributed by atoms with Crippen molar-refractivity contribution in [3.8, 4) is 0 Å². The lowest BCUT2D eigenvalue weighted by Crippen LogP contribution is -2.25. The highest BCUT2D eigenvalue weighted by atomic mass is 79.9. The first-order valence-corrected chi connectivity index (χ1v) is 7.00. The molecule has 1 aromatic carbocycles. The Bertz CT molecular complexity index is 611. The van der Waals surface area contributed by atoms with Crippen molar-refractivity contribution < 1.29 is 4.74 Å². The maximum atomic E-state index is 12.0. The molecule has 1 saturated heterocycles. The van der Waals surface area contributed by atoms with Crippen LogP contribution in [0.25, 0.3) is 11.0 Å². The molecule has 2 heterocycles. The lowest BCUT2D eigenvalue weighted by Gasteiger charge is -2.22. The van der Waals surface area contributed by atoms with Gasteiger partial charge >= 0.3 is 5.69 Å². The van der Waals surface area contributed by atoms with E-state index in [0.29, 0.717) is 5.92 Å². The fourth-order valence-electron chi connectivity index (χ4n) is 2.54. The SMILES string of the molecule is O=c1[nH]c2cccc(Br)c2n1CC1CCOCC1. The van der Waals surface area contributed by atoms with Gasteiger partial charge in [-0.05, 0) is 46.8 Å². The minimum Gasteiger partial charge on any atom is -0.381 e. The first kappa shape index (κ1) is 12.0. The molecule has 0 unspecified atom stereocenters. The molecule has 3 rings (SSSR count). The minimum atomic E-state index is -0.0246. The molecule has 0 bridgehead atoms. The van der Waals surface area contributed by atoms with Gasteiger partial charge in [-0.15, -0.1) is 0 Å². The minimum absolute atomic E-state index is 0.0246. The third-order valence-corrected chi connectivity index (χ3v) is 4.17. The monoisotopic (exact) mass is 310 g/mol. The van der Waals surface area contributed by atoms with E-state index in [1.165, 1.54) is 0 Å². The standard InChI is InChI=1S/C13H15BrN2O2/c14-10-2-1-3-11-12(10)16(13(17)15-11)8-9-4-6-18-7-5-9/h1-3,9H,4-8H2,(H,15,17). The Kier molecular flexibility index (Phi) is 3.26. The summed E-state index contributed by atoms with van der Waals surface area (Å²) >= 11 is 3.52. The van der Waals surface area contributed by atoms with Gasteiger partial charge in [0.2, 0.25) is 0 Å². The number of para-hydroxylation sites is 1. The molecule has 1 aromatic heterocycles. The predicted octanol–water partition coefficient (Wildman–Crippen LogP) is 2.52. The van der Waals surface area contributed by atoms with Crippen molar-refractivity contribution in [1.29, 1.82) is 0 Å². The van der Waals surface area contributed by atoms with Gasteiger partial charge in [0.1, 0.15) is 0 Å². The van der Waals surface area contributed by atoms with Crippen LogP contribution >= 0.6 is 15.9 Å². The van der Waals surface area contributed by atoms with Crippen molar-refractivity contribution in [3.05, 3.63) is 33.2 Å². The van der Waals surface area contributed by atoms with Crippen LogP contribution in [0.5, 0.6) is 0 Å². The predicted molar refractivity (Wildman–Crippen MR) is 73.8 cm³/mol. The number of H-pyrrole nitrogens is 1. The molecule has 96 valence electrons. The molecule has 1 aliphatic heterocycles. The van der Waals surface area contributed by atoms with Crippen LogP contribution in [0.2, 0.25) is 0 Å². The van der Waals surface area contributed by atoms with Crippen molar-refractivity contribution in [1.82, 2.24) is 9.55 Å². The third-order valence-electron chi connectivity index (χ3n) is 3.53. The lowest BCUT2D eigenvalue weighted by molar-refractivity contribution is 0.0613. The average molecular weight is 311 g/mol. The van der Waals surface area contributed by atoms with Crippen LogP contribution in [0, 0.1) is 5.92 Å². The average Bonchev–Trinajstić information content (AvgIpc) is 2.69. The molecule has 5 heteroatoms. The van der Waals surface area contributed by atoms with Gasteiger partial charge in [0.15, 0.2) is 0 Å². The number of benzene rings is 1. The number of nitrogens with one attached hydrogen (secondary N) is 1. The summed E-state index contributed by atoms with van der Waals surface area (Å²) in [5, 5.41) is 0. The summed E-state index contributed by atoms with van der Waals surface area (Å²) in [5.41, 5.74) is 1.83. The highest BCUT2D eigenvalue weighted by Gasteiger charge is 2.17. The molecule has 4 nitrogen and oxygen atoms in total. The van der Waals surface area contributed by atoms with Crippen molar-refractivity contribution >= 4 is 27.0 Å². The molecule has 0 amide bonds. The molecule has 18 heavy (non-hydrogen) atoms. The number of aromatic nitrogens is 2. The van der Waals surface area contributed by atoms with E-state index in [9.17, 15) is 4.79 Å². The maximum absolute atomic E-state index is 12.0. The Labute approximate surface area is 113 Å². The Morgan fingerprint density at radius 2 is 2.17 bits per heavy atom. The summed E-state index contributed by atoms with van der Waals surface area (Å²) in [4.78, 5) is 14.9. The lowest BCUT2D eigenvalue weighted by atomic mass is 10.0. The summed E-state index contributed by atoms with van der Waals surface area (Å²) in [6, 6.07) is 5.83. The molecule has 1 N–H and O–H groups in total. The topological polar surface area (TPSA) is 47.0 Å². The van der Waals surface area contributed by atoms with Crippen LogP contribution < -0.4 is 5.69 Å². The van der Waals surface area contributed by atoms with E-state index in [2.05, 4.69) is 20.9 Å². The van der Waals surface area contributed by atoms with E-state index in [1.807, 2.05) is 22.8 Å². The largest absolute Gasteiger partial charge is 0.381 e. The molecule has 0 aliphatic carbocycles. The normalized spacial score (nSPS) is 17.4. The number of fused-ring (bicyclic) bond motifs is 1. The second-order valence-electron chi connectivity index (χ2n) is 4.73. The molecule has 0 atom stereocenters. The van der Waals surface area contributed by atoms with E-state index in [4.69, 9.17) is 4.74 Å². The van der Waals surface area contributed by atoms with Gasteiger partial charge in [-0.25, -0.2) is 4.79 Å². The Morgan fingerprint density at radius 3 is 2.94 bits per heavy atom.